The van der Waals surface area contributed by atoms with Crippen LogP contribution in [-0.2, 0) is 4.79 Å². The van der Waals surface area contributed by atoms with E-state index in [-0.39, 0.29) is 36.7 Å². The Morgan fingerprint density at radius 1 is 1.22 bits per heavy atom. The molecule has 2 saturated heterocycles. The molecule has 0 aliphatic carbocycles. The predicted molar refractivity (Wildman–Crippen MR) is 140 cm³/mol. The number of alkyl halides is 1. The van der Waals surface area contributed by atoms with Gasteiger partial charge in [0.25, 0.3) is 5.91 Å². The number of anilines is 4. The molecule has 1 amide bonds. The molecule has 0 bridgehead atoms. The zero-order valence-corrected chi connectivity index (χ0v) is 21.8. The third kappa shape index (κ3) is 5.08. The van der Waals surface area contributed by atoms with Gasteiger partial charge < -0.3 is 19.9 Å². The van der Waals surface area contributed by atoms with Crippen LogP contribution in [0.4, 0.5) is 31.9 Å². The number of nitrogens with one attached hydrogen (secondary N) is 1. The molecule has 3 aliphatic heterocycles. The Labute approximate surface area is 217 Å². The smallest absolute Gasteiger partial charge is 0.270 e. The quantitative estimate of drug-likeness (QED) is 0.575. The van der Waals surface area contributed by atoms with Crippen molar-refractivity contribution in [1.29, 1.82) is 0 Å². The SMILES string of the molecule is CN(c1nc(Nc2ccc3c(c2)OC(C)(C)C(=O)N3CCCF)ncc1F)[C@H]1CCCN2CCCC[C@H]12. The van der Waals surface area contributed by atoms with Crippen LogP contribution in [0.2, 0.25) is 0 Å². The minimum atomic E-state index is -1.07. The highest BCUT2D eigenvalue weighted by Gasteiger charge is 2.41. The molecule has 8 nitrogen and oxygen atoms in total. The summed E-state index contributed by atoms with van der Waals surface area (Å²) in [5, 5.41) is 3.16. The first-order valence-corrected chi connectivity index (χ1v) is 13.3. The number of ether oxygens (including phenoxy) is 1. The van der Waals surface area contributed by atoms with Crippen molar-refractivity contribution in [2.45, 2.75) is 70.1 Å². The first-order chi connectivity index (χ1) is 17.8. The number of amides is 1. The van der Waals surface area contributed by atoms with E-state index in [1.807, 2.05) is 11.9 Å². The van der Waals surface area contributed by atoms with Gasteiger partial charge in [-0.3, -0.25) is 14.1 Å². The van der Waals surface area contributed by atoms with E-state index in [1.165, 1.54) is 19.0 Å². The van der Waals surface area contributed by atoms with Gasteiger partial charge in [-0.25, -0.2) is 9.37 Å². The summed E-state index contributed by atoms with van der Waals surface area (Å²) >= 11 is 0. The van der Waals surface area contributed by atoms with Crippen molar-refractivity contribution in [3.8, 4) is 5.75 Å². The Hall–Kier alpha value is -3.01. The van der Waals surface area contributed by atoms with Crippen molar-refractivity contribution in [1.82, 2.24) is 14.9 Å². The molecule has 5 rings (SSSR count). The van der Waals surface area contributed by atoms with Gasteiger partial charge in [-0.15, -0.1) is 0 Å². The maximum Gasteiger partial charge on any atom is 0.270 e. The van der Waals surface area contributed by atoms with Crippen molar-refractivity contribution in [2.24, 2.45) is 0 Å². The highest BCUT2D eigenvalue weighted by Crippen LogP contribution is 2.40. The molecule has 1 aromatic carbocycles. The Morgan fingerprint density at radius 2 is 2.03 bits per heavy atom. The molecular formula is C27H36F2N6O2. The first-order valence-electron chi connectivity index (χ1n) is 13.3. The number of carbonyl (C=O) groups excluding carboxylic acids is 1. The number of halogens is 2. The standard InChI is InChI=1S/C27H36F2N6O2/c1-27(2)25(36)35(15-7-12-28)22-11-10-18(16-23(22)37-27)31-26-30-17-19(29)24(32-26)33(3)20-9-6-14-34-13-5-4-8-21(20)34/h10-11,16-17,20-21H,4-9,12-15H2,1-3H3,(H,30,31,32)/t20-,21+/m0/s1. The Balaban J connectivity index is 1.37. The highest BCUT2D eigenvalue weighted by atomic mass is 19.1. The average molecular weight is 515 g/mol. The normalized spacial score (nSPS) is 23.2. The number of nitrogens with zero attached hydrogens (tertiary/aromatic N) is 5. The van der Waals surface area contributed by atoms with Crippen molar-refractivity contribution in [3.63, 3.8) is 0 Å². The second kappa shape index (κ2) is 10.4. The lowest BCUT2D eigenvalue weighted by Crippen LogP contribution is -2.56. The number of fused-ring (bicyclic) bond motifs is 2. The van der Waals surface area contributed by atoms with Crippen molar-refractivity contribution in [2.75, 3.05) is 48.5 Å². The van der Waals surface area contributed by atoms with Gasteiger partial charge in [-0.05, 0) is 71.2 Å². The van der Waals surface area contributed by atoms with Gasteiger partial charge in [0.05, 0.1) is 18.6 Å². The molecule has 0 radical (unpaired) electrons. The average Bonchev–Trinajstić information content (AvgIpc) is 2.89. The lowest BCUT2D eigenvalue weighted by atomic mass is 9.88. The summed E-state index contributed by atoms with van der Waals surface area (Å²) in [4.78, 5) is 27.7. The van der Waals surface area contributed by atoms with E-state index >= 15 is 0 Å². The van der Waals surface area contributed by atoms with E-state index in [0.717, 1.165) is 32.4 Å². The maximum atomic E-state index is 14.9. The molecule has 2 aromatic rings. The Morgan fingerprint density at radius 3 is 2.84 bits per heavy atom. The van der Waals surface area contributed by atoms with Crippen LogP contribution in [0.3, 0.4) is 0 Å². The molecule has 4 heterocycles. The van der Waals surface area contributed by atoms with Crippen molar-refractivity contribution in [3.05, 3.63) is 30.2 Å². The maximum absolute atomic E-state index is 14.9. The van der Waals surface area contributed by atoms with E-state index in [1.54, 1.807) is 36.9 Å². The van der Waals surface area contributed by atoms with Gasteiger partial charge in [-0.1, -0.05) is 6.42 Å². The third-order valence-electron chi connectivity index (χ3n) is 7.76. The molecule has 2 fully saturated rings. The van der Waals surface area contributed by atoms with Crippen LogP contribution in [0.1, 0.15) is 52.4 Å². The van der Waals surface area contributed by atoms with E-state index < -0.39 is 18.1 Å². The number of hydrogen-bond acceptors (Lipinski definition) is 7. The minimum absolute atomic E-state index is 0.206. The third-order valence-corrected chi connectivity index (χ3v) is 7.76. The lowest BCUT2D eigenvalue weighted by Gasteiger charge is -2.47. The second-order valence-electron chi connectivity index (χ2n) is 10.7. The molecular weight excluding hydrogens is 478 g/mol. The topological polar surface area (TPSA) is 73.8 Å². The van der Waals surface area contributed by atoms with E-state index in [9.17, 15) is 13.6 Å². The number of carbonyl (C=O) groups is 1. The van der Waals surface area contributed by atoms with Crippen LogP contribution in [0, 0.1) is 5.82 Å². The summed E-state index contributed by atoms with van der Waals surface area (Å²) in [5.41, 5.74) is 0.167. The first kappa shape index (κ1) is 25.6. The summed E-state index contributed by atoms with van der Waals surface area (Å²) in [6.07, 6.45) is 7.13. The van der Waals surface area contributed by atoms with Crippen molar-refractivity contribution >= 4 is 29.0 Å². The number of rotatable bonds is 7. The fourth-order valence-corrected chi connectivity index (χ4v) is 5.92. The number of hydrogen-bond donors (Lipinski definition) is 1. The summed E-state index contributed by atoms with van der Waals surface area (Å²) in [5.74, 6) is 0.419. The monoisotopic (exact) mass is 514 g/mol. The largest absolute Gasteiger partial charge is 0.476 e. The molecule has 0 unspecified atom stereocenters. The zero-order valence-electron chi connectivity index (χ0n) is 21.8. The van der Waals surface area contributed by atoms with Crippen LogP contribution in [-0.4, -0.2) is 71.8 Å². The van der Waals surface area contributed by atoms with Crippen LogP contribution >= 0.6 is 0 Å². The summed E-state index contributed by atoms with van der Waals surface area (Å²) < 4.78 is 33.8. The molecule has 1 aromatic heterocycles. The van der Waals surface area contributed by atoms with Gasteiger partial charge in [0, 0.05) is 37.4 Å². The lowest BCUT2D eigenvalue weighted by molar-refractivity contribution is -0.132. The second-order valence-corrected chi connectivity index (χ2v) is 10.7. The summed E-state index contributed by atoms with van der Waals surface area (Å²) in [6.45, 7) is 5.40. The molecule has 10 heteroatoms. The number of aromatic nitrogens is 2. The van der Waals surface area contributed by atoms with Crippen LogP contribution in [0.5, 0.6) is 5.75 Å². The van der Waals surface area contributed by atoms with Gasteiger partial charge in [0.15, 0.2) is 17.2 Å². The predicted octanol–water partition coefficient (Wildman–Crippen LogP) is 4.68. The van der Waals surface area contributed by atoms with Crippen LogP contribution in [0.15, 0.2) is 24.4 Å². The molecule has 0 spiro atoms. The Bertz CT molecular complexity index is 1140. The minimum Gasteiger partial charge on any atom is -0.476 e. The van der Waals surface area contributed by atoms with Crippen molar-refractivity contribution < 1.29 is 18.3 Å². The Kier molecular flexibility index (Phi) is 7.20. The number of benzene rings is 1. The van der Waals surface area contributed by atoms with Gasteiger partial charge in [-0.2, -0.15) is 4.98 Å². The van der Waals surface area contributed by atoms with Gasteiger partial charge in [0.1, 0.15) is 5.75 Å². The molecule has 2 atom stereocenters. The van der Waals surface area contributed by atoms with Gasteiger partial charge in [0.2, 0.25) is 5.95 Å². The molecule has 3 aliphatic rings. The molecule has 37 heavy (non-hydrogen) atoms. The van der Waals surface area contributed by atoms with Gasteiger partial charge >= 0.3 is 0 Å². The number of likely N-dealkylation sites (N-methyl/N-ethyl adjacent to an activating group) is 1. The molecule has 1 N–H and O–H groups in total. The van der Waals surface area contributed by atoms with E-state index in [4.69, 9.17) is 4.74 Å². The van der Waals surface area contributed by atoms with Crippen LogP contribution < -0.4 is 19.9 Å². The molecule has 0 saturated carbocycles. The van der Waals surface area contributed by atoms with Crippen LogP contribution in [0.25, 0.3) is 0 Å². The summed E-state index contributed by atoms with van der Waals surface area (Å²) in [6, 6.07) is 5.94. The van der Waals surface area contributed by atoms with E-state index in [0.29, 0.717) is 23.2 Å². The molecule has 200 valence electrons. The fourth-order valence-electron chi connectivity index (χ4n) is 5.92. The number of piperidine rings is 2. The summed E-state index contributed by atoms with van der Waals surface area (Å²) in [7, 11) is 1.93. The van der Waals surface area contributed by atoms with E-state index in [2.05, 4.69) is 20.2 Å². The zero-order chi connectivity index (χ0) is 26.2. The fraction of sp³-hybridized carbons (Fsp3) is 0.593. The highest BCUT2D eigenvalue weighted by molar-refractivity contribution is 6.02.